The van der Waals surface area contributed by atoms with Crippen LogP contribution >= 0.6 is 15.8 Å². The van der Waals surface area contributed by atoms with Crippen LogP contribution in [0.1, 0.15) is 47.9 Å². The summed E-state index contributed by atoms with van der Waals surface area (Å²) < 4.78 is 7.72. The zero-order valence-corrected chi connectivity index (χ0v) is 28.6. The van der Waals surface area contributed by atoms with Gasteiger partial charge in [-0.15, -0.1) is 0 Å². The molecule has 3 heteroatoms. The molecule has 0 saturated carbocycles. The lowest BCUT2D eigenvalue weighted by Crippen LogP contribution is -2.26. The number of hydrogen-bond acceptors (Lipinski definition) is 1. The van der Waals surface area contributed by atoms with Gasteiger partial charge in [0.1, 0.15) is 11.5 Å². The van der Waals surface area contributed by atoms with Gasteiger partial charge in [-0.2, -0.15) is 0 Å². The molecule has 6 aromatic carbocycles. The monoisotopic (exact) mass is 646 g/mol. The molecule has 0 aliphatic heterocycles. The van der Waals surface area contributed by atoms with Crippen LogP contribution in [0.15, 0.2) is 146 Å². The molecule has 232 valence electrons. The summed E-state index contributed by atoms with van der Waals surface area (Å²) in [7, 11) is -1.64. The van der Waals surface area contributed by atoms with E-state index in [2.05, 4.69) is 146 Å². The molecule has 47 heavy (non-hydrogen) atoms. The first kappa shape index (κ1) is 30.3. The van der Waals surface area contributed by atoms with E-state index in [-0.39, 0.29) is 0 Å². The minimum atomic E-state index is -0.822. The summed E-state index contributed by atoms with van der Waals surface area (Å²) in [6.45, 7) is 0. The molecule has 1 nitrogen and oxygen atoms in total. The molecule has 0 heterocycles. The van der Waals surface area contributed by atoms with Gasteiger partial charge in [0, 0.05) is 10.6 Å². The van der Waals surface area contributed by atoms with E-state index in [0.717, 1.165) is 37.2 Å². The fourth-order valence-corrected chi connectivity index (χ4v) is 12.2. The van der Waals surface area contributed by atoms with Crippen LogP contribution in [0.4, 0.5) is 0 Å². The minimum Gasteiger partial charge on any atom is -0.455 e. The number of benzene rings is 6. The quantitative estimate of drug-likeness (QED) is 0.150. The highest BCUT2D eigenvalue weighted by molar-refractivity contribution is 7.80. The third-order valence-electron chi connectivity index (χ3n) is 9.66. The summed E-state index contributed by atoms with van der Waals surface area (Å²) in [6.07, 6.45) is 9.31. The zero-order chi connectivity index (χ0) is 31.4. The highest BCUT2D eigenvalue weighted by Gasteiger charge is 2.30. The van der Waals surface area contributed by atoms with E-state index in [0.29, 0.717) is 0 Å². The van der Waals surface area contributed by atoms with Crippen molar-refractivity contribution in [1.82, 2.24) is 0 Å². The molecule has 0 bridgehead atoms. The van der Waals surface area contributed by atoms with Crippen molar-refractivity contribution in [2.45, 2.75) is 51.4 Å². The number of hydrogen-bond donors (Lipinski definition) is 0. The van der Waals surface area contributed by atoms with Gasteiger partial charge in [0.15, 0.2) is 0 Å². The average molecular weight is 647 g/mol. The third kappa shape index (κ3) is 6.21. The number of ether oxygens (including phenoxy) is 1. The summed E-state index contributed by atoms with van der Waals surface area (Å²) in [5, 5.41) is 8.11. The van der Waals surface area contributed by atoms with Crippen LogP contribution in [-0.2, 0) is 25.7 Å². The van der Waals surface area contributed by atoms with Crippen LogP contribution in [0, 0.1) is 0 Å². The molecule has 0 saturated heterocycles. The van der Waals surface area contributed by atoms with Crippen molar-refractivity contribution in [2.24, 2.45) is 0 Å². The van der Waals surface area contributed by atoms with Gasteiger partial charge >= 0.3 is 0 Å². The van der Waals surface area contributed by atoms with Crippen molar-refractivity contribution in [3.05, 3.63) is 168 Å². The Balaban J connectivity index is 1.37. The van der Waals surface area contributed by atoms with Gasteiger partial charge in [-0.25, -0.2) is 0 Å². The van der Waals surface area contributed by atoms with Crippen molar-refractivity contribution >= 4 is 47.7 Å². The summed E-state index contributed by atoms with van der Waals surface area (Å²) in [5.41, 5.74) is 5.78. The van der Waals surface area contributed by atoms with E-state index >= 15 is 0 Å². The van der Waals surface area contributed by atoms with Crippen molar-refractivity contribution in [2.75, 3.05) is 0 Å². The van der Waals surface area contributed by atoms with E-state index in [1.54, 1.807) is 0 Å². The van der Waals surface area contributed by atoms with Gasteiger partial charge in [0.25, 0.3) is 0 Å². The van der Waals surface area contributed by atoms with Gasteiger partial charge in [-0.1, -0.05) is 133 Å². The normalized spacial score (nSPS) is 14.1. The SMILES string of the molecule is c1ccc(P(c2ccccc2)c2ccc3c(c2Oc2c(P(c4ccccc4)c4ccccc4)ccc4c2CCCC4)CCCC3)cc1. The number of aryl methyl sites for hydroxylation is 2. The molecule has 2 aliphatic carbocycles. The van der Waals surface area contributed by atoms with Crippen molar-refractivity contribution in [1.29, 1.82) is 0 Å². The lowest BCUT2D eigenvalue weighted by molar-refractivity contribution is 0.467. The Kier molecular flexibility index (Phi) is 9.03. The van der Waals surface area contributed by atoms with Crippen LogP contribution in [-0.4, -0.2) is 0 Å². The van der Waals surface area contributed by atoms with Crippen LogP contribution in [0.2, 0.25) is 0 Å². The van der Waals surface area contributed by atoms with E-state index in [1.807, 2.05) is 0 Å². The maximum Gasteiger partial charge on any atom is 0.139 e. The second-order valence-electron chi connectivity index (χ2n) is 12.6. The van der Waals surface area contributed by atoms with Crippen LogP contribution in [0.3, 0.4) is 0 Å². The molecule has 0 aromatic heterocycles. The molecular weight excluding hydrogens is 606 g/mol. The second-order valence-corrected chi connectivity index (χ2v) is 17.0. The maximum atomic E-state index is 7.72. The fraction of sp³-hybridized carbons (Fsp3) is 0.182. The fourth-order valence-electron chi connectivity index (χ4n) is 7.41. The van der Waals surface area contributed by atoms with Crippen molar-refractivity contribution < 1.29 is 4.74 Å². The highest BCUT2D eigenvalue weighted by atomic mass is 31.1. The Hall–Kier alpha value is -4.02. The minimum absolute atomic E-state index is 0.822. The molecule has 0 radical (unpaired) electrons. The zero-order valence-electron chi connectivity index (χ0n) is 26.8. The van der Waals surface area contributed by atoms with Crippen LogP contribution < -0.4 is 36.6 Å². The van der Waals surface area contributed by atoms with Gasteiger partial charge in [0.2, 0.25) is 0 Å². The number of rotatable bonds is 8. The molecule has 0 spiro atoms. The summed E-state index contributed by atoms with van der Waals surface area (Å²) in [6, 6.07) is 54.1. The molecule has 6 aromatic rings. The van der Waals surface area contributed by atoms with Crippen LogP contribution in [0.5, 0.6) is 11.5 Å². The predicted molar refractivity (Wildman–Crippen MR) is 204 cm³/mol. The average Bonchev–Trinajstić information content (AvgIpc) is 3.15. The topological polar surface area (TPSA) is 9.23 Å². The van der Waals surface area contributed by atoms with Gasteiger partial charge in [0.05, 0.1) is 0 Å². The second kappa shape index (κ2) is 14.0. The molecule has 0 unspecified atom stereocenters. The third-order valence-corrected chi connectivity index (χ3v) is 14.6. The maximum absolute atomic E-state index is 7.72. The van der Waals surface area contributed by atoms with Gasteiger partial charge < -0.3 is 4.74 Å². The van der Waals surface area contributed by atoms with Gasteiger partial charge in [-0.05, 0) is 123 Å². The molecule has 0 fully saturated rings. The molecular formula is C44H40OP2. The summed E-state index contributed by atoms with van der Waals surface area (Å²) in [5.74, 6) is 2.25. The van der Waals surface area contributed by atoms with Crippen molar-refractivity contribution in [3.63, 3.8) is 0 Å². The Bertz CT molecular complexity index is 1730. The van der Waals surface area contributed by atoms with Crippen LogP contribution in [0.25, 0.3) is 0 Å². The Labute approximate surface area is 282 Å². The lowest BCUT2D eigenvalue weighted by Gasteiger charge is -2.31. The van der Waals surface area contributed by atoms with E-state index in [4.69, 9.17) is 4.74 Å². The summed E-state index contributed by atoms with van der Waals surface area (Å²) >= 11 is 0. The highest BCUT2D eigenvalue weighted by Crippen LogP contribution is 2.46. The first-order chi connectivity index (χ1) is 23.3. The Morgan fingerprint density at radius 2 is 0.660 bits per heavy atom. The number of fused-ring (bicyclic) bond motifs is 2. The standard InChI is InChI=1S/C44H40OP2/c1-5-19-35(20-6-1)46(36-21-7-2-8-22-36)41-31-29-33-17-13-15-27-39(33)43(41)45-44-40-28-16-14-18-34(40)30-32-42(44)47(37-23-9-3-10-24-37)38-25-11-4-12-26-38/h1-12,19-26,29-32H,13-18,27-28H2. The molecule has 0 atom stereocenters. The smallest absolute Gasteiger partial charge is 0.139 e. The Morgan fingerprint density at radius 1 is 0.340 bits per heavy atom. The lowest BCUT2D eigenvalue weighted by atomic mass is 9.90. The summed E-state index contributed by atoms with van der Waals surface area (Å²) in [4.78, 5) is 0. The van der Waals surface area contributed by atoms with E-state index in [9.17, 15) is 0 Å². The van der Waals surface area contributed by atoms with Gasteiger partial charge in [-0.3, -0.25) is 0 Å². The van der Waals surface area contributed by atoms with E-state index in [1.165, 1.54) is 79.8 Å². The molecule has 2 aliphatic rings. The largest absolute Gasteiger partial charge is 0.455 e. The van der Waals surface area contributed by atoms with Crippen molar-refractivity contribution in [3.8, 4) is 11.5 Å². The Morgan fingerprint density at radius 3 is 1.00 bits per heavy atom. The predicted octanol–water partition coefficient (Wildman–Crippen LogP) is 8.75. The molecule has 8 rings (SSSR count). The molecule has 0 N–H and O–H groups in total. The first-order valence-electron chi connectivity index (χ1n) is 17.1. The molecule has 0 amide bonds. The first-order valence-corrected chi connectivity index (χ1v) is 19.8. The van der Waals surface area contributed by atoms with E-state index < -0.39 is 15.8 Å².